The summed E-state index contributed by atoms with van der Waals surface area (Å²) in [5.74, 6) is 0.692. The third-order valence-corrected chi connectivity index (χ3v) is 2.35. The van der Waals surface area contributed by atoms with Gasteiger partial charge in [0.1, 0.15) is 12.1 Å². The first kappa shape index (κ1) is 13.8. The minimum atomic E-state index is -0.478. The van der Waals surface area contributed by atoms with Gasteiger partial charge in [-0.05, 0) is 20.0 Å². The fourth-order valence-electron chi connectivity index (χ4n) is 1.56. The van der Waals surface area contributed by atoms with Crippen LogP contribution in [0.15, 0.2) is 12.4 Å². The Morgan fingerprint density at radius 3 is 2.47 bits per heavy atom. The molecule has 4 nitrogen and oxygen atoms in total. The largest absolute Gasteiger partial charge is 0.355 e. The van der Waals surface area contributed by atoms with Crippen LogP contribution in [0.1, 0.15) is 13.8 Å². The highest BCUT2D eigenvalue weighted by molar-refractivity contribution is 5.36. The lowest BCUT2D eigenvalue weighted by molar-refractivity contribution is 0.408. The Hall–Kier alpha value is -1.23. The SMILES string of the molecule is CC(C)CN(CCN(C)C)c1cc(F)ncn1. The van der Waals surface area contributed by atoms with Gasteiger partial charge in [0.25, 0.3) is 0 Å². The smallest absolute Gasteiger partial charge is 0.218 e. The lowest BCUT2D eigenvalue weighted by atomic mass is 10.2. The monoisotopic (exact) mass is 240 g/mol. The Bertz CT molecular complexity index is 341. The van der Waals surface area contributed by atoms with E-state index in [-0.39, 0.29) is 0 Å². The maximum atomic E-state index is 13.1. The second kappa shape index (κ2) is 6.49. The van der Waals surface area contributed by atoms with Gasteiger partial charge in [-0.3, -0.25) is 0 Å². The maximum absolute atomic E-state index is 13.1. The molecule has 0 radical (unpaired) electrons. The first-order chi connectivity index (χ1) is 7.99. The molecule has 0 bridgehead atoms. The van der Waals surface area contributed by atoms with Crippen LogP contribution in [0.3, 0.4) is 0 Å². The Kier molecular flexibility index (Phi) is 5.28. The average molecular weight is 240 g/mol. The molecule has 1 aromatic rings. The van der Waals surface area contributed by atoms with E-state index in [0.29, 0.717) is 11.7 Å². The molecule has 1 aromatic heterocycles. The molecule has 0 amide bonds. The molecular formula is C12H21FN4. The quantitative estimate of drug-likeness (QED) is 0.708. The van der Waals surface area contributed by atoms with E-state index in [4.69, 9.17) is 0 Å². The van der Waals surface area contributed by atoms with Crippen molar-refractivity contribution in [3.05, 3.63) is 18.3 Å². The number of halogens is 1. The molecule has 0 atom stereocenters. The van der Waals surface area contributed by atoms with Crippen LogP contribution in [0.5, 0.6) is 0 Å². The number of hydrogen-bond donors (Lipinski definition) is 0. The van der Waals surface area contributed by atoms with Crippen LogP contribution in [0.4, 0.5) is 10.2 Å². The molecule has 96 valence electrons. The molecule has 0 saturated carbocycles. The highest BCUT2D eigenvalue weighted by atomic mass is 19.1. The van der Waals surface area contributed by atoms with Crippen molar-refractivity contribution >= 4 is 5.82 Å². The zero-order valence-corrected chi connectivity index (χ0v) is 11.0. The molecule has 0 aliphatic rings. The summed E-state index contributed by atoms with van der Waals surface area (Å²) in [4.78, 5) is 11.8. The van der Waals surface area contributed by atoms with Gasteiger partial charge in [0, 0.05) is 25.7 Å². The summed E-state index contributed by atoms with van der Waals surface area (Å²) in [6.45, 7) is 6.89. The summed E-state index contributed by atoms with van der Waals surface area (Å²) in [5, 5.41) is 0. The highest BCUT2D eigenvalue weighted by Crippen LogP contribution is 2.12. The van der Waals surface area contributed by atoms with E-state index < -0.39 is 5.95 Å². The predicted molar refractivity (Wildman–Crippen MR) is 67.6 cm³/mol. The van der Waals surface area contributed by atoms with Crippen LogP contribution in [-0.2, 0) is 0 Å². The number of rotatable bonds is 6. The zero-order valence-electron chi connectivity index (χ0n) is 11.0. The van der Waals surface area contributed by atoms with Gasteiger partial charge in [-0.2, -0.15) is 4.39 Å². The highest BCUT2D eigenvalue weighted by Gasteiger charge is 2.11. The molecule has 1 heterocycles. The van der Waals surface area contributed by atoms with E-state index in [2.05, 4.69) is 33.6 Å². The van der Waals surface area contributed by atoms with Crippen molar-refractivity contribution in [2.75, 3.05) is 38.6 Å². The molecule has 17 heavy (non-hydrogen) atoms. The predicted octanol–water partition coefficient (Wildman–Crippen LogP) is 1.64. The van der Waals surface area contributed by atoms with Gasteiger partial charge in [0.05, 0.1) is 0 Å². The zero-order chi connectivity index (χ0) is 12.8. The van der Waals surface area contributed by atoms with Crippen molar-refractivity contribution < 1.29 is 4.39 Å². The Morgan fingerprint density at radius 1 is 1.24 bits per heavy atom. The Labute approximate surface area is 102 Å². The third kappa shape index (κ3) is 5.08. The number of likely N-dealkylation sites (N-methyl/N-ethyl adjacent to an activating group) is 1. The van der Waals surface area contributed by atoms with Crippen LogP contribution in [0.25, 0.3) is 0 Å². The summed E-state index contributed by atoms with van der Waals surface area (Å²) < 4.78 is 13.1. The molecular weight excluding hydrogens is 219 g/mol. The van der Waals surface area contributed by atoms with E-state index in [1.54, 1.807) is 0 Å². The second-order valence-electron chi connectivity index (χ2n) is 4.84. The molecule has 0 unspecified atom stereocenters. The number of nitrogens with zero attached hydrogens (tertiary/aromatic N) is 4. The van der Waals surface area contributed by atoms with Crippen LogP contribution in [0, 0.1) is 11.9 Å². The van der Waals surface area contributed by atoms with Gasteiger partial charge < -0.3 is 9.80 Å². The van der Waals surface area contributed by atoms with Gasteiger partial charge in [0.15, 0.2) is 0 Å². The van der Waals surface area contributed by atoms with E-state index in [0.717, 1.165) is 19.6 Å². The molecule has 5 heteroatoms. The molecule has 0 aliphatic carbocycles. The third-order valence-electron chi connectivity index (χ3n) is 2.35. The van der Waals surface area contributed by atoms with E-state index in [1.165, 1.54) is 12.4 Å². The first-order valence-corrected chi connectivity index (χ1v) is 5.86. The van der Waals surface area contributed by atoms with Crippen LogP contribution < -0.4 is 4.90 Å². The standard InChI is InChI=1S/C12H21FN4/c1-10(2)8-17(6-5-16(3)4)12-7-11(13)14-9-15-12/h7,9-10H,5-6,8H2,1-4H3. The summed E-state index contributed by atoms with van der Waals surface area (Å²) in [6, 6.07) is 1.39. The summed E-state index contributed by atoms with van der Waals surface area (Å²) >= 11 is 0. The van der Waals surface area contributed by atoms with Crippen molar-refractivity contribution in [3.63, 3.8) is 0 Å². The Morgan fingerprint density at radius 2 is 1.94 bits per heavy atom. The Balaban J connectivity index is 2.74. The fourth-order valence-corrected chi connectivity index (χ4v) is 1.56. The van der Waals surface area contributed by atoms with Crippen LogP contribution in [0.2, 0.25) is 0 Å². The lowest BCUT2D eigenvalue weighted by Crippen LogP contribution is -2.35. The van der Waals surface area contributed by atoms with Crippen molar-refractivity contribution in [1.29, 1.82) is 0 Å². The van der Waals surface area contributed by atoms with Crippen LogP contribution in [-0.4, -0.2) is 48.6 Å². The number of hydrogen-bond acceptors (Lipinski definition) is 4. The molecule has 0 fully saturated rings. The molecule has 0 N–H and O–H groups in total. The van der Waals surface area contributed by atoms with Gasteiger partial charge in [0.2, 0.25) is 5.95 Å². The van der Waals surface area contributed by atoms with Crippen LogP contribution >= 0.6 is 0 Å². The molecule has 0 spiro atoms. The van der Waals surface area contributed by atoms with E-state index in [9.17, 15) is 4.39 Å². The maximum Gasteiger partial charge on any atom is 0.218 e. The van der Waals surface area contributed by atoms with Gasteiger partial charge in [-0.15, -0.1) is 0 Å². The second-order valence-corrected chi connectivity index (χ2v) is 4.84. The molecule has 0 aromatic carbocycles. The van der Waals surface area contributed by atoms with Gasteiger partial charge in [-0.25, -0.2) is 9.97 Å². The van der Waals surface area contributed by atoms with Gasteiger partial charge >= 0.3 is 0 Å². The molecule has 0 saturated heterocycles. The lowest BCUT2D eigenvalue weighted by Gasteiger charge is -2.26. The molecule has 1 rings (SSSR count). The summed E-state index contributed by atoms with van der Waals surface area (Å²) in [7, 11) is 4.04. The van der Waals surface area contributed by atoms with Crippen molar-refractivity contribution in [2.24, 2.45) is 5.92 Å². The van der Waals surface area contributed by atoms with E-state index >= 15 is 0 Å². The number of aromatic nitrogens is 2. The minimum Gasteiger partial charge on any atom is -0.355 e. The summed E-state index contributed by atoms with van der Waals surface area (Å²) in [6.07, 6.45) is 1.27. The number of anilines is 1. The van der Waals surface area contributed by atoms with Crippen molar-refractivity contribution in [2.45, 2.75) is 13.8 Å². The normalized spacial score (nSPS) is 11.2. The summed E-state index contributed by atoms with van der Waals surface area (Å²) in [5.41, 5.74) is 0. The van der Waals surface area contributed by atoms with Gasteiger partial charge in [-0.1, -0.05) is 13.8 Å². The topological polar surface area (TPSA) is 32.3 Å². The fraction of sp³-hybridized carbons (Fsp3) is 0.667. The van der Waals surface area contributed by atoms with E-state index in [1.807, 2.05) is 14.1 Å². The average Bonchev–Trinajstić information content (AvgIpc) is 2.23. The molecule has 0 aliphatic heterocycles. The minimum absolute atomic E-state index is 0.478. The first-order valence-electron chi connectivity index (χ1n) is 5.86. The van der Waals surface area contributed by atoms with Crippen molar-refractivity contribution in [3.8, 4) is 0 Å². The van der Waals surface area contributed by atoms with Crippen molar-refractivity contribution in [1.82, 2.24) is 14.9 Å².